The van der Waals surface area contributed by atoms with Gasteiger partial charge in [0.25, 0.3) is 0 Å². The zero-order valence-electron chi connectivity index (χ0n) is 17.1. The molecule has 1 fully saturated rings. The Labute approximate surface area is 185 Å². The third-order valence-electron chi connectivity index (χ3n) is 5.77. The number of benzene rings is 1. The van der Waals surface area contributed by atoms with E-state index in [-0.39, 0.29) is 16.9 Å². The molecule has 0 aromatic heterocycles. The summed E-state index contributed by atoms with van der Waals surface area (Å²) in [5.41, 5.74) is 1.19. The number of carbonyl (C=O) groups is 1. The molecule has 1 atom stereocenters. The van der Waals surface area contributed by atoms with Gasteiger partial charge in [0.05, 0.1) is 7.11 Å². The molecule has 0 spiro atoms. The van der Waals surface area contributed by atoms with Crippen molar-refractivity contribution >= 4 is 46.0 Å². The molecule has 1 aromatic rings. The van der Waals surface area contributed by atoms with Crippen LogP contribution in [0.15, 0.2) is 23.1 Å². The number of rotatable bonds is 8. The maximum absolute atomic E-state index is 13.9. The van der Waals surface area contributed by atoms with Crippen LogP contribution in [0.3, 0.4) is 0 Å². The van der Waals surface area contributed by atoms with Gasteiger partial charge >= 0.3 is 9.90 Å². The summed E-state index contributed by atoms with van der Waals surface area (Å²) in [7, 11) is 1.43. The van der Waals surface area contributed by atoms with Crippen LogP contribution in [-0.4, -0.2) is 32.4 Å². The summed E-state index contributed by atoms with van der Waals surface area (Å²) in [6.45, 7) is 6.13. The molecule has 0 aliphatic carbocycles. The van der Waals surface area contributed by atoms with Gasteiger partial charge in [0.2, 0.25) is 0 Å². The Morgan fingerprint density at radius 1 is 1.36 bits per heavy atom. The number of nitrogens with zero attached hydrogens (tertiary/aromatic N) is 1. The normalized spacial score (nSPS) is 18.0. The number of hydrogen-bond acceptors (Lipinski definition) is 4. The Balaban J connectivity index is 1.98. The van der Waals surface area contributed by atoms with Gasteiger partial charge in [-0.3, -0.25) is 4.79 Å². The van der Waals surface area contributed by atoms with E-state index in [1.807, 2.05) is 12.3 Å². The molecule has 0 saturated carbocycles. The van der Waals surface area contributed by atoms with Gasteiger partial charge < -0.3 is 9.64 Å². The van der Waals surface area contributed by atoms with E-state index in [9.17, 15) is 13.6 Å². The van der Waals surface area contributed by atoms with Crippen LogP contribution >= 0.6 is 34.4 Å². The first-order valence-corrected chi connectivity index (χ1v) is 11.9. The van der Waals surface area contributed by atoms with Crippen molar-refractivity contribution in [1.82, 2.24) is 0 Å². The smallest absolute Gasteiger partial charge is 0.321 e. The maximum Gasteiger partial charge on any atom is 0.321 e. The van der Waals surface area contributed by atoms with Crippen LogP contribution in [0.2, 0.25) is 0 Å². The summed E-state index contributed by atoms with van der Waals surface area (Å²) < 4.78 is 29.6. The minimum atomic E-state index is -2.86. The number of esters is 1. The van der Waals surface area contributed by atoms with Crippen molar-refractivity contribution in [1.29, 1.82) is 0 Å². The lowest BCUT2D eigenvalue weighted by atomic mass is 9.75. The summed E-state index contributed by atoms with van der Waals surface area (Å²) in [6, 6.07) is 5.22. The molecule has 1 unspecified atom stereocenters. The second-order valence-electron chi connectivity index (χ2n) is 8.14. The molecular weight excluding hydrogens is 495 g/mol. The van der Waals surface area contributed by atoms with Crippen molar-refractivity contribution in [3.63, 3.8) is 0 Å². The third-order valence-corrected chi connectivity index (χ3v) is 7.10. The lowest BCUT2D eigenvalue weighted by molar-refractivity contribution is -0.141. The van der Waals surface area contributed by atoms with Crippen molar-refractivity contribution in [2.24, 2.45) is 11.3 Å². The van der Waals surface area contributed by atoms with Gasteiger partial charge in [-0.05, 0) is 61.5 Å². The molecular formula is C21H30F2INO2S. The highest BCUT2D eigenvalue weighted by molar-refractivity contribution is 14.1. The molecule has 0 bridgehead atoms. The summed E-state index contributed by atoms with van der Waals surface area (Å²) >= 11 is 2.70. The Morgan fingerprint density at radius 3 is 2.54 bits per heavy atom. The van der Waals surface area contributed by atoms with Crippen LogP contribution in [0.4, 0.5) is 14.5 Å². The predicted molar refractivity (Wildman–Crippen MR) is 121 cm³/mol. The number of piperidine rings is 1. The molecule has 1 aromatic carbocycles. The van der Waals surface area contributed by atoms with Gasteiger partial charge in [0, 0.05) is 58.2 Å². The largest absolute Gasteiger partial charge is 0.469 e. The Morgan fingerprint density at radius 2 is 2.00 bits per heavy atom. The van der Waals surface area contributed by atoms with Crippen molar-refractivity contribution in [2.75, 3.05) is 31.4 Å². The Bertz CT molecular complexity index is 673. The fourth-order valence-electron chi connectivity index (χ4n) is 3.67. The number of halogens is 3. The fraction of sp³-hybridized carbons (Fsp3) is 0.667. The van der Waals surface area contributed by atoms with E-state index in [0.717, 1.165) is 49.4 Å². The molecule has 0 N–H and O–H groups in total. The third kappa shape index (κ3) is 6.75. The molecule has 158 valence electrons. The summed E-state index contributed by atoms with van der Waals surface area (Å²) in [5.74, 6) is 0.165. The minimum absolute atomic E-state index is 0.0694. The van der Waals surface area contributed by atoms with Crippen molar-refractivity contribution in [3.05, 3.63) is 23.8 Å². The average molecular weight is 525 g/mol. The van der Waals surface area contributed by atoms with Crippen molar-refractivity contribution < 1.29 is 18.3 Å². The standard InChI is InChI=1S/C21H30F2INO2S/c1-15(11-19(26)27-3)5-6-20(2)7-9-25(10-8-20)17-12-16(21(22,23)24)13-18(14-17)28-4/h12-15H,5-11H2,1-4H3. The van der Waals surface area contributed by atoms with Crippen molar-refractivity contribution in [2.45, 2.75) is 54.8 Å². The van der Waals surface area contributed by atoms with Crippen LogP contribution in [-0.2, 0) is 13.5 Å². The number of hydrogen-bond donors (Lipinski definition) is 0. The molecule has 1 heterocycles. The van der Waals surface area contributed by atoms with E-state index in [0.29, 0.717) is 12.3 Å². The second kappa shape index (κ2) is 9.96. The molecule has 0 amide bonds. The molecule has 28 heavy (non-hydrogen) atoms. The lowest BCUT2D eigenvalue weighted by Gasteiger charge is -2.41. The summed E-state index contributed by atoms with van der Waals surface area (Å²) in [5, 5.41) is 0. The van der Waals surface area contributed by atoms with Crippen LogP contribution in [0.1, 0.15) is 51.5 Å². The first-order valence-electron chi connectivity index (χ1n) is 9.64. The lowest BCUT2D eigenvalue weighted by Crippen LogP contribution is -2.39. The van der Waals surface area contributed by atoms with Gasteiger partial charge in [0.15, 0.2) is 0 Å². The van der Waals surface area contributed by atoms with E-state index in [4.69, 9.17) is 4.74 Å². The number of thioether (sulfide) groups is 1. The van der Waals surface area contributed by atoms with E-state index >= 15 is 0 Å². The van der Waals surface area contributed by atoms with Crippen molar-refractivity contribution in [3.8, 4) is 0 Å². The molecule has 1 saturated heterocycles. The van der Waals surface area contributed by atoms with Crippen LogP contribution in [0.5, 0.6) is 0 Å². The minimum Gasteiger partial charge on any atom is -0.469 e. The zero-order valence-corrected chi connectivity index (χ0v) is 20.0. The van der Waals surface area contributed by atoms with Gasteiger partial charge in [-0.25, -0.2) is 0 Å². The summed E-state index contributed by atoms with van der Waals surface area (Å²) in [4.78, 5) is 14.5. The monoisotopic (exact) mass is 525 g/mol. The average Bonchev–Trinajstić information content (AvgIpc) is 2.66. The molecule has 1 aliphatic heterocycles. The quantitative estimate of drug-likeness (QED) is 0.168. The molecule has 2 rings (SSSR count). The zero-order chi connectivity index (χ0) is 20.9. The Kier molecular flexibility index (Phi) is 8.43. The van der Waals surface area contributed by atoms with Gasteiger partial charge in [-0.15, -0.1) is 11.8 Å². The first-order chi connectivity index (χ1) is 13.1. The number of anilines is 1. The first kappa shape index (κ1) is 23.7. The summed E-state index contributed by atoms with van der Waals surface area (Å²) in [6.07, 6.45) is 6.50. The second-order valence-corrected chi connectivity index (χ2v) is 10.4. The van der Waals surface area contributed by atoms with E-state index < -0.39 is 3.93 Å². The number of methoxy groups -OCH3 is 1. The highest BCUT2D eigenvalue weighted by atomic mass is 127. The number of carbonyl (C=O) groups excluding carboxylic acids is 1. The SMILES string of the molecule is COC(=O)CC(C)CCC1(C)CCN(c2cc(SC)cc(C(F)(F)I)c2)CC1. The highest BCUT2D eigenvalue weighted by Gasteiger charge is 2.32. The number of alkyl halides is 3. The van der Waals surface area contributed by atoms with Gasteiger partial charge in [0.1, 0.15) is 0 Å². The van der Waals surface area contributed by atoms with E-state index in [1.54, 1.807) is 12.1 Å². The van der Waals surface area contributed by atoms with Gasteiger partial charge in [-0.2, -0.15) is 8.78 Å². The highest BCUT2D eigenvalue weighted by Crippen LogP contribution is 2.42. The molecule has 3 nitrogen and oxygen atoms in total. The fourth-order valence-corrected chi connectivity index (χ4v) is 4.46. The predicted octanol–water partition coefficient (Wildman–Crippen LogP) is 6.48. The van der Waals surface area contributed by atoms with Crippen LogP contribution in [0, 0.1) is 11.3 Å². The number of ether oxygens (including phenoxy) is 1. The van der Waals surface area contributed by atoms with Gasteiger partial charge in [-0.1, -0.05) is 13.8 Å². The van der Waals surface area contributed by atoms with Crippen LogP contribution in [0.25, 0.3) is 0 Å². The maximum atomic E-state index is 13.9. The Hall–Kier alpha value is -0.570. The van der Waals surface area contributed by atoms with E-state index in [1.165, 1.54) is 41.5 Å². The topological polar surface area (TPSA) is 29.5 Å². The van der Waals surface area contributed by atoms with Crippen LogP contribution < -0.4 is 4.90 Å². The van der Waals surface area contributed by atoms with E-state index in [2.05, 4.69) is 18.7 Å². The molecule has 7 heteroatoms. The molecule has 0 radical (unpaired) electrons. The molecule has 1 aliphatic rings.